The maximum atomic E-state index is 10.1. The van der Waals surface area contributed by atoms with E-state index < -0.39 is 23.9 Å². The van der Waals surface area contributed by atoms with E-state index in [0.29, 0.717) is 19.7 Å². The van der Waals surface area contributed by atoms with Gasteiger partial charge in [-0.15, -0.1) is 0 Å². The molecule has 51 heavy (non-hydrogen) atoms. The number of benzene rings is 3. The Hall–Kier alpha value is -6.49. The zero-order valence-electron chi connectivity index (χ0n) is 27.5. The lowest BCUT2D eigenvalue weighted by molar-refractivity contribution is -0.159. The molecule has 3 aromatic carbocycles. The Morgan fingerprint density at radius 1 is 0.824 bits per heavy atom. The van der Waals surface area contributed by atoms with Crippen LogP contribution in [0.25, 0.3) is 22.4 Å². The summed E-state index contributed by atoms with van der Waals surface area (Å²) in [5.74, 6) is -4.63. The molecule has 0 radical (unpaired) electrons. The third-order valence-corrected chi connectivity index (χ3v) is 7.58. The van der Waals surface area contributed by atoms with Gasteiger partial charge in [0.2, 0.25) is 0 Å². The van der Waals surface area contributed by atoms with Crippen molar-refractivity contribution in [2.75, 3.05) is 33.4 Å². The second-order valence-corrected chi connectivity index (χ2v) is 11.1. The second kappa shape index (κ2) is 17.8. The van der Waals surface area contributed by atoms with E-state index in [0.717, 1.165) is 51.6 Å². The molecule has 1 aliphatic rings. The van der Waals surface area contributed by atoms with Crippen LogP contribution in [0.3, 0.4) is 0 Å². The molecule has 5 aromatic rings. The van der Waals surface area contributed by atoms with Crippen molar-refractivity contribution in [1.82, 2.24) is 29.2 Å². The summed E-state index contributed by atoms with van der Waals surface area (Å²) in [6.07, 6.45) is 5.79. The van der Waals surface area contributed by atoms with Crippen molar-refractivity contribution in [3.05, 3.63) is 84.4 Å². The molecule has 268 valence electrons. The molecule has 0 amide bonds. The number of fused-ring (bicyclic) bond motifs is 1. The Kier molecular flexibility index (Phi) is 13.0. The molecule has 3 heterocycles. The Morgan fingerprint density at radius 3 is 2.08 bits per heavy atom. The minimum absolute atomic E-state index is 0.194. The number of rotatable bonds is 10. The average molecular weight is 705 g/mol. The minimum Gasteiger partial charge on any atom is -0.508 e. The van der Waals surface area contributed by atoms with Crippen LogP contribution in [0.2, 0.25) is 0 Å². The van der Waals surface area contributed by atoms with Crippen LogP contribution in [0, 0.1) is 0 Å². The fourth-order valence-corrected chi connectivity index (χ4v) is 5.19. The van der Waals surface area contributed by atoms with Crippen molar-refractivity contribution < 1.29 is 54.2 Å². The van der Waals surface area contributed by atoms with E-state index in [2.05, 4.69) is 37.7 Å². The molecule has 1 aliphatic heterocycles. The lowest BCUT2D eigenvalue weighted by Crippen LogP contribution is -2.25. The molecule has 1 saturated heterocycles. The van der Waals surface area contributed by atoms with E-state index in [-0.39, 0.29) is 5.75 Å². The standard InChI is InChI=1S/C30H32N6O3.2C2H2O4/c1-38-29-16-22(4-5-24(29)19-35-21-31-20-32-35)18-36-28-11-8-25(37)17-27(28)33-30(36)23-6-9-26(10-7-23)39-15-14-34-12-2-3-13-34;2*3-1(4)2(5)6/h4-11,16-17,20-21,37H,2-3,12-15,18-19H2,1H3;2*(H,3,4)(H,5,6). The normalized spacial score (nSPS) is 12.3. The highest BCUT2D eigenvalue weighted by molar-refractivity contribution is 6.27. The van der Waals surface area contributed by atoms with Gasteiger partial charge in [0.05, 0.1) is 24.7 Å². The summed E-state index contributed by atoms with van der Waals surface area (Å²) < 4.78 is 15.7. The van der Waals surface area contributed by atoms with Crippen LogP contribution in [0.4, 0.5) is 0 Å². The van der Waals surface area contributed by atoms with Crippen LogP contribution in [0.1, 0.15) is 24.0 Å². The third kappa shape index (κ3) is 10.8. The van der Waals surface area contributed by atoms with E-state index in [1.807, 2.05) is 30.3 Å². The summed E-state index contributed by atoms with van der Waals surface area (Å²) in [6, 6.07) is 19.6. The van der Waals surface area contributed by atoms with Crippen LogP contribution in [-0.2, 0) is 32.3 Å². The summed E-state index contributed by atoms with van der Waals surface area (Å²) in [5.41, 5.74) is 4.76. The maximum Gasteiger partial charge on any atom is 0.414 e. The average Bonchev–Trinajstić information content (AvgIpc) is 3.89. The van der Waals surface area contributed by atoms with E-state index in [4.69, 9.17) is 54.1 Å². The molecule has 6 rings (SSSR count). The number of carbonyl (C=O) groups is 4. The van der Waals surface area contributed by atoms with Gasteiger partial charge in [-0.3, -0.25) is 4.90 Å². The highest BCUT2D eigenvalue weighted by atomic mass is 16.5. The predicted octanol–water partition coefficient (Wildman–Crippen LogP) is 2.89. The molecule has 5 N–H and O–H groups in total. The summed E-state index contributed by atoms with van der Waals surface area (Å²) >= 11 is 0. The first-order valence-corrected chi connectivity index (χ1v) is 15.5. The number of methoxy groups -OCH3 is 1. The molecule has 1 fully saturated rings. The Balaban J connectivity index is 0.000000420. The van der Waals surface area contributed by atoms with Crippen molar-refractivity contribution in [1.29, 1.82) is 0 Å². The number of hydrogen-bond donors (Lipinski definition) is 5. The molecular weight excluding hydrogens is 668 g/mol. The van der Waals surface area contributed by atoms with Crippen LogP contribution >= 0.6 is 0 Å². The summed E-state index contributed by atoms with van der Waals surface area (Å²) in [7, 11) is 1.68. The smallest absolute Gasteiger partial charge is 0.414 e. The van der Waals surface area contributed by atoms with Gasteiger partial charge in [0.1, 0.15) is 42.3 Å². The molecule has 17 nitrogen and oxygen atoms in total. The number of hydrogen-bond acceptors (Lipinski definition) is 11. The van der Waals surface area contributed by atoms with Crippen molar-refractivity contribution in [2.24, 2.45) is 0 Å². The molecule has 0 saturated carbocycles. The van der Waals surface area contributed by atoms with Gasteiger partial charge < -0.3 is 39.6 Å². The maximum absolute atomic E-state index is 10.1. The number of aromatic nitrogens is 5. The molecule has 0 aliphatic carbocycles. The second-order valence-electron chi connectivity index (χ2n) is 11.1. The highest BCUT2D eigenvalue weighted by Gasteiger charge is 2.16. The van der Waals surface area contributed by atoms with Gasteiger partial charge in [0.25, 0.3) is 0 Å². The summed E-state index contributed by atoms with van der Waals surface area (Å²) in [5, 5.41) is 43.9. The van der Waals surface area contributed by atoms with Crippen LogP contribution in [0.5, 0.6) is 17.2 Å². The number of phenols is 1. The monoisotopic (exact) mass is 704 g/mol. The van der Waals surface area contributed by atoms with Crippen LogP contribution in [-0.4, -0.2) is 112 Å². The minimum atomic E-state index is -1.82. The van der Waals surface area contributed by atoms with Gasteiger partial charge in [-0.2, -0.15) is 5.10 Å². The number of imidazole rings is 1. The highest BCUT2D eigenvalue weighted by Crippen LogP contribution is 2.30. The van der Waals surface area contributed by atoms with Gasteiger partial charge >= 0.3 is 23.9 Å². The molecule has 0 unspecified atom stereocenters. The number of carboxylic acids is 4. The van der Waals surface area contributed by atoms with Crippen molar-refractivity contribution in [3.8, 4) is 28.6 Å². The van der Waals surface area contributed by atoms with Crippen molar-refractivity contribution in [3.63, 3.8) is 0 Å². The Labute approximate surface area is 290 Å². The number of phenolic OH excluding ortho intramolecular Hbond substituents is 1. The number of aromatic hydroxyl groups is 1. The molecule has 17 heteroatoms. The quantitative estimate of drug-likeness (QED) is 0.131. The van der Waals surface area contributed by atoms with E-state index in [1.165, 1.54) is 32.3 Å². The molecule has 0 atom stereocenters. The number of carboxylic acid groups (broad SMARTS) is 4. The number of nitrogens with zero attached hydrogens (tertiary/aromatic N) is 6. The number of likely N-dealkylation sites (tertiary alicyclic amines) is 1. The van der Waals surface area contributed by atoms with Gasteiger partial charge in [-0.25, -0.2) is 33.8 Å². The van der Waals surface area contributed by atoms with Gasteiger partial charge in [0, 0.05) is 30.3 Å². The fraction of sp³-hybridized carbons (Fsp3) is 0.265. The first-order valence-electron chi connectivity index (χ1n) is 15.5. The van der Waals surface area contributed by atoms with Gasteiger partial charge in [-0.05, 0) is 74.0 Å². The fourth-order valence-electron chi connectivity index (χ4n) is 5.19. The lowest BCUT2D eigenvalue weighted by atomic mass is 10.1. The zero-order chi connectivity index (χ0) is 36.9. The SMILES string of the molecule is COc1cc(Cn2c(-c3ccc(OCCN4CCCC4)cc3)nc3cc(O)ccc32)ccc1Cn1cncn1.O=C(O)C(=O)O.O=C(O)C(=O)O. The molecular formula is C34H36N6O11. The van der Waals surface area contributed by atoms with E-state index in [9.17, 15) is 5.11 Å². The van der Waals surface area contributed by atoms with Crippen LogP contribution in [0.15, 0.2) is 73.3 Å². The first-order chi connectivity index (χ1) is 24.4. The zero-order valence-corrected chi connectivity index (χ0v) is 27.5. The Morgan fingerprint density at radius 2 is 1.49 bits per heavy atom. The molecule has 0 bridgehead atoms. The van der Waals surface area contributed by atoms with Gasteiger partial charge in [0.15, 0.2) is 0 Å². The summed E-state index contributed by atoms with van der Waals surface area (Å²) in [6.45, 7) is 5.15. The van der Waals surface area contributed by atoms with Crippen molar-refractivity contribution >= 4 is 34.9 Å². The Bertz CT molecular complexity index is 1910. The van der Waals surface area contributed by atoms with Crippen LogP contribution < -0.4 is 9.47 Å². The first kappa shape index (κ1) is 37.3. The lowest BCUT2D eigenvalue weighted by Gasteiger charge is -2.15. The van der Waals surface area contributed by atoms with E-state index >= 15 is 0 Å². The largest absolute Gasteiger partial charge is 0.508 e. The topological polar surface area (TPSA) is 240 Å². The number of ether oxygens (including phenoxy) is 2. The van der Waals surface area contributed by atoms with Gasteiger partial charge in [-0.1, -0.05) is 12.1 Å². The van der Waals surface area contributed by atoms with E-state index in [1.54, 1.807) is 30.3 Å². The predicted molar refractivity (Wildman–Crippen MR) is 180 cm³/mol. The number of aliphatic carboxylic acids is 4. The van der Waals surface area contributed by atoms with Crippen molar-refractivity contribution in [2.45, 2.75) is 25.9 Å². The molecule has 0 spiro atoms. The third-order valence-electron chi connectivity index (χ3n) is 7.58. The molecule has 2 aromatic heterocycles. The summed E-state index contributed by atoms with van der Waals surface area (Å²) in [4.78, 5) is 47.8.